The van der Waals surface area contributed by atoms with Gasteiger partial charge in [-0.1, -0.05) is 12.5 Å². The van der Waals surface area contributed by atoms with Crippen molar-refractivity contribution in [2.75, 3.05) is 0 Å². The fraction of sp³-hybridized carbons (Fsp3) is 0.727. The lowest BCUT2D eigenvalue weighted by molar-refractivity contribution is -0.105. The minimum absolute atomic E-state index is 0.233. The van der Waals surface area contributed by atoms with Crippen molar-refractivity contribution in [3.63, 3.8) is 0 Å². The van der Waals surface area contributed by atoms with Crippen molar-refractivity contribution in [2.45, 2.75) is 44.7 Å². The highest BCUT2D eigenvalue weighted by Crippen LogP contribution is 2.40. The normalized spacial score (nSPS) is 44.0. The van der Waals surface area contributed by atoms with Gasteiger partial charge in [-0.3, -0.25) is 4.79 Å². The van der Waals surface area contributed by atoms with Crippen molar-refractivity contribution >= 4 is 6.29 Å². The Morgan fingerprint density at radius 3 is 3.15 bits per heavy atom. The number of carbonyl (C=O) groups excluding carboxylic acids is 1. The van der Waals surface area contributed by atoms with Gasteiger partial charge in [-0.15, -0.1) is 0 Å². The molecule has 2 rings (SSSR count). The molecule has 0 bridgehead atoms. The van der Waals surface area contributed by atoms with E-state index in [4.69, 9.17) is 0 Å². The van der Waals surface area contributed by atoms with E-state index < -0.39 is 0 Å². The minimum Gasteiger partial charge on any atom is -0.304 e. The average molecular weight is 179 g/mol. The van der Waals surface area contributed by atoms with E-state index >= 15 is 0 Å². The van der Waals surface area contributed by atoms with Gasteiger partial charge in [0.15, 0.2) is 0 Å². The first-order valence-corrected chi connectivity index (χ1v) is 5.10. The highest BCUT2D eigenvalue weighted by Gasteiger charge is 2.41. The molecule has 0 amide bonds. The van der Waals surface area contributed by atoms with Crippen LogP contribution in [-0.2, 0) is 4.79 Å². The van der Waals surface area contributed by atoms with Crippen LogP contribution in [0.15, 0.2) is 11.6 Å². The Hall–Kier alpha value is -0.630. The van der Waals surface area contributed by atoms with Crippen LogP contribution in [-0.4, -0.2) is 17.9 Å². The molecule has 0 spiro atoms. The van der Waals surface area contributed by atoms with Crippen LogP contribution >= 0.6 is 0 Å². The number of fused-ring (bicyclic) bond motifs is 1. The van der Waals surface area contributed by atoms with Crippen molar-refractivity contribution in [3.8, 4) is 0 Å². The number of aldehydes is 1. The summed E-state index contributed by atoms with van der Waals surface area (Å²) >= 11 is 0. The summed E-state index contributed by atoms with van der Waals surface area (Å²) in [6, 6.07) is 0.233. The van der Waals surface area contributed by atoms with Crippen molar-refractivity contribution in [3.05, 3.63) is 11.6 Å². The molecule has 1 fully saturated rings. The monoisotopic (exact) mass is 179 g/mol. The summed E-state index contributed by atoms with van der Waals surface area (Å²) in [5.41, 5.74) is 1.19. The van der Waals surface area contributed by atoms with Gasteiger partial charge in [0.2, 0.25) is 0 Å². The highest BCUT2D eigenvalue weighted by molar-refractivity contribution is 5.75. The molecule has 0 aromatic carbocycles. The standard InChI is InChI=1S/C11H17NO/c1-8-9(7-13)6-10-4-3-5-11(10,2)12-8/h6-8,10,12H,3-5H2,1-2H3. The van der Waals surface area contributed by atoms with Crippen molar-refractivity contribution in [1.29, 1.82) is 0 Å². The Bertz CT molecular complexity index is 259. The third kappa shape index (κ3) is 1.33. The molecule has 2 heteroatoms. The van der Waals surface area contributed by atoms with Gasteiger partial charge in [0.05, 0.1) is 0 Å². The third-order valence-electron chi connectivity index (χ3n) is 3.61. The maximum atomic E-state index is 10.8. The molecule has 1 N–H and O–H groups in total. The predicted octanol–water partition coefficient (Wildman–Crippen LogP) is 1.66. The van der Waals surface area contributed by atoms with Gasteiger partial charge in [0.25, 0.3) is 0 Å². The maximum absolute atomic E-state index is 10.8. The second kappa shape index (κ2) is 2.95. The summed E-state index contributed by atoms with van der Waals surface area (Å²) in [7, 11) is 0. The Balaban J connectivity index is 2.29. The van der Waals surface area contributed by atoms with E-state index in [0.29, 0.717) is 5.92 Å². The molecule has 2 aliphatic rings. The molecule has 1 aliphatic heterocycles. The second-order valence-electron chi connectivity index (χ2n) is 4.57. The largest absolute Gasteiger partial charge is 0.304 e. The molecule has 72 valence electrons. The molecule has 1 aliphatic carbocycles. The van der Waals surface area contributed by atoms with Gasteiger partial charge < -0.3 is 5.32 Å². The van der Waals surface area contributed by atoms with E-state index in [1.807, 2.05) is 0 Å². The second-order valence-corrected chi connectivity index (χ2v) is 4.57. The van der Waals surface area contributed by atoms with Crippen LogP contribution in [0.3, 0.4) is 0 Å². The van der Waals surface area contributed by atoms with Gasteiger partial charge in [0, 0.05) is 17.2 Å². The Labute approximate surface area is 79.4 Å². The SMILES string of the molecule is CC1NC2(C)CCCC2C=C1C=O. The zero-order chi connectivity index (χ0) is 9.47. The van der Waals surface area contributed by atoms with Gasteiger partial charge >= 0.3 is 0 Å². The van der Waals surface area contributed by atoms with Crippen LogP contribution in [0.1, 0.15) is 33.1 Å². The molecule has 0 saturated heterocycles. The van der Waals surface area contributed by atoms with Crippen molar-refractivity contribution in [1.82, 2.24) is 5.32 Å². The predicted molar refractivity (Wildman–Crippen MR) is 52.5 cm³/mol. The van der Waals surface area contributed by atoms with Gasteiger partial charge in [-0.25, -0.2) is 0 Å². The molecule has 1 saturated carbocycles. The Morgan fingerprint density at radius 2 is 2.46 bits per heavy atom. The summed E-state index contributed by atoms with van der Waals surface area (Å²) < 4.78 is 0. The molecular weight excluding hydrogens is 162 g/mol. The highest BCUT2D eigenvalue weighted by atomic mass is 16.1. The lowest BCUT2D eigenvalue weighted by Crippen LogP contribution is -2.53. The lowest BCUT2D eigenvalue weighted by Gasteiger charge is -2.39. The van der Waals surface area contributed by atoms with E-state index in [-0.39, 0.29) is 11.6 Å². The van der Waals surface area contributed by atoms with Crippen LogP contribution < -0.4 is 5.32 Å². The topological polar surface area (TPSA) is 29.1 Å². The number of hydrogen-bond donors (Lipinski definition) is 1. The number of nitrogens with one attached hydrogen (secondary N) is 1. The fourth-order valence-electron chi connectivity index (χ4n) is 2.74. The molecule has 0 radical (unpaired) electrons. The Kier molecular flexibility index (Phi) is 2.03. The first-order valence-electron chi connectivity index (χ1n) is 5.10. The van der Waals surface area contributed by atoms with Gasteiger partial charge in [0.1, 0.15) is 6.29 Å². The van der Waals surface area contributed by atoms with Gasteiger partial charge in [-0.05, 0) is 32.6 Å². The summed E-state index contributed by atoms with van der Waals surface area (Å²) in [6.45, 7) is 4.35. The molecular formula is C11H17NO. The number of carbonyl (C=O) groups is 1. The quantitative estimate of drug-likeness (QED) is 0.620. The first-order chi connectivity index (χ1) is 6.15. The Morgan fingerprint density at radius 1 is 1.69 bits per heavy atom. The van der Waals surface area contributed by atoms with Gasteiger partial charge in [-0.2, -0.15) is 0 Å². The third-order valence-corrected chi connectivity index (χ3v) is 3.61. The number of hydrogen-bond acceptors (Lipinski definition) is 2. The smallest absolute Gasteiger partial charge is 0.147 e. The first kappa shape index (κ1) is 8.95. The van der Waals surface area contributed by atoms with Crippen LogP contribution in [0, 0.1) is 5.92 Å². The number of rotatable bonds is 1. The average Bonchev–Trinajstić information content (AvgIpc) is 2.43. The summed E-state index contributed by atoms with van der Waals surface area (Å²) in [5.74, 6) is 0.573. The van der Waals surface area contributed by atoms with E-state index in [1.54, 1.807) is 0 Å². The molecule has 3 atom stereocenters. The summed E-state index contributed by atoms with van der Waals surface area (Å²) in [6.07, 6.45) is 6.93. The van der Waals surface area contributed by atoms with Crippen LogP contribution in [0.5, 0.6) is 0 Å². The van der Waals surface area contributed by atoms with E-state index in [9.17, 15) is 4.79 Å². The molecule has 0 aromatic heterocycles. The summed E-state index contributed by atoms with van der Waals surface area (Å²) in [4.78, 5) is 10.8. The lowest BCUT2D eigenvalue weighted by atomic mass is 9.82. The zero-order valence-corrected chi connectivity index (χ0v) is 8.34. The zero-order valence-electron chi connectivity index (χ0n) is 8.34. The van der Waals surface area contributed by atoms with E-state index in [2.05, 4.69) is 25.2 Å². The maximum Gasteiger partial charge on any atom is 0.147 e. The van der Waals surface area contributed by atoms with Crippen LogP contribution in [0.4, 0.5) is 0 Å². The van der Waals surface area contributed by atoms with Crippen molar-refractivity contribution in [2.24, 2.45) is 5.92 Å². The van der Waals surface area contributed by atoms with E-state index in [1.165, 1.54) is 19.3 Å². The minimum atomic E-state index is 0.233. The van der Waals surface area contributed by atoms with Crippen molar-refractivity contribution < 1.29 is 4.79 Å². The molecule has 0 aromatic rings. The molecule has 3 unspecified atom stereocenters. The van der Waals surface area contributed by atoms with Crippen LogP contribution in [0.25, 0.3) is 0 Å². The molecule has 2 nitrogen and oxygen atoms in total. The van der Waals surface area contributed by atoms with E-state index in [0.717, 1.165) is 11.9 Å². The summed E-state index contributed by atoms with van der Waals surface area (Å²) in [5, 5.41) is 3.56. The molecule has 1 heterocycles. The fourth-order valence-corrected chi connectivity index (χ4v) is 2.74. The molecule has 13 heavy (non-hydrogen) atoms. The van der Waals surface area contributed by atoms with Crippen LogP contribution in [0.2, 0.25) is 0 Å².